The summed E-state index contributed by atoms with van der Waals surface area (Å²) in [5.41, 5.74) is 1.48. The van der Waals surface area contributed by atoms with Gasteiger partial charge in [0.15, 0.2) is 0 Å². The Morgan fingerprint density at radius 2 is 1.78 bits per heavy atom. The number of hydrogen-bond acceptors (Lipinski definition) is 3. The van der Waals surface area contributed by atoms with Crippen molar-refractivity contribution in [2.45, 2.75) is 118 Å². The van der Waals surface area contributed by atoms with Crippen LogP contribution in [0.25, 0.3) is 0 Å². The van der Waals surface area contributed by atoms with Gasteiger partial charge in [-0.3, -0.25) is 0 Å². The standard InChI is InChI=1S/C29H50O3/c1-7-19(17(2)3)14-26(31)18(4)23-10-11-24-22-9-8-20-15-21(30)16-27(32)29(20,6)25(22)12-13-28(23,24)5/h8,17-19,21-27,30-32H,7,9-16H2,1-6H3/t18-,19+,21+,22-,23+,24-,25-,26+,27-,28+,29-/m0/s1. The van der Waals surface area contributed by atoms with E-state index in [2.05, 4.69) is 47.6 Å². The number of allylic oxidation sites excluding steroid dienone is 1. The molecule has 0 aliphatic heterocycles. The summed E-state index contributed by atoms with van der Waals surface area (Å²) in [6.45, 7) is 14.0. The zero-order valence-corrected chi connectivity index (χ0v) is 21.6. The van der Waals surface area contributed by atoms with E-state index in [1.54, 1.807) is 0 Å². The van der Waals surface area contributed by atoms with Gasteiger partial charge in [0.05, 0.1) is 18.3 Å². The number of rotatable bonds is 6. The minimum Gasteiger partial charge on any atom is -0.393 e. The van der Waals surface area contributed by atoms with Gasteiger partial charge in [-0.05, 0) is 91.8 Å². The van der Waals surface area contributed by atoms with Crippen LogP contribution < -0.4 is 0 Å². The van der Waals surface area contributed by atoms with Gasteiger partial charge in [0.2, 0.25) is 0 Å². The van der Waals surface area contributed by atoms with E-state index in [0.29, 0.717) is 53.3 Å². The van der Waals surface area contributed by atoms with E-state index in [9.17, 15) is 15.3 Å². The third-order valence-corrected chi connectivity index (χ3v) is 11.5. The van der Waals surface area contributed by atoms with Crippen LogP contribution in [0.1, 0.15) is 99.3 Å². The number of aliphatic hydroxyl groups is 3. The third-order valence-electron chi connectivity index (χ3n) is 11.5. The fourth-order valence-corrected chi connectivity index (χ4v) is 9.31. The van der Waals surface area contributed by atoms with Gasteiger partial charge < -0.3 is 15.3 Å². The second-order valence-corrected chi connectivity index (χ2v) is 13.0. The van der Waals surface area contributed by atoms with Crippen molar-refractivity contribution >= 4 is 0 Å². The molecule has 0 amide bonds. The van der Waals surface area contributed by atoms with Crippen molar-refractivity contribution < 1.29 is 15.3 Å². The average Bonchev–Trinajstić information content (AvgIpc) is 3.09. The van der Waals surface area contributed by atoms with Crippen molar-refractivity contribution in [1.82, 2.24) is 0 Å². The highest BCUT2D eigenvalue weighted by atomic mass is 16.3. The van der Waals surface area contributed by atoms with Crippen molar-refractivity contribution in [3.05, 3.63) is 11.6 Å². The molecule has 0 radical (unpaired) electrons. The lowest BCUT2D eigenvalue weighted by molar-refractivity contribution is -0.111. The van der Waals surface area contributed by atoms with Crippen LogP contribution in [0, 0.1) is 52.3 Å². The molecule has 3 fully saturated rings. The first-order chi connectivity index (χ1) is 15.0. The van der Waals surface area contributed by atoms with Gasteiger partial charge >= 0.3 is 0 Å². The van der Waals surface area contributed by atoms with E-state index >= 15 is 0 Å². The Labute approximate surface area is 197 Å². The largest absolute Gasteiger partial charge is 0.393 e. The van der Waals surface area contributed by atoms with Gasteiger partial charge in [0.1, 0.15) is 0 Å². The summed E-state index contributed by atoms with van der Waals surface area (Å²) in [7, 11) is 0. The molecule has 4 aliphatic rings. The quantitative estimate of drug-likeness (QED) is 0.441. The Hall–Kier alpha value is -0.380. The first-order valence-corrected chi connectivity index (χ1v) is 13.8. The van der Waals surface area contributed by atoms with Crippen LogP contribution in [0.3, 0.4) is 0 Å². The van der Waals surface area contributed by atoms with Crippen LogP contribution in [0.15, 0.2) is 11.6 Å². The maximum Gasteiger partial charge on any atom is 0.0658 e. The average molecular weight is 447 g/mol. The van der Waals surface area contributed by atoms with Crippen molar-refractivity contribution in [2.75, 3.05) is 0 Å². The molecule has 4 rings (SSSR count). The molecule has 0 bridgehead atoms. The molecule has 184 valence electrons. The van der Waals surface area contributed by atoms with Crippen LogP contribution in [0.4, 0.5) is 0 Å². The van der Waals surface area contributed by atoms with E-state index in [0.717, 1.165) is 25.7 Å². The molecule has 32 heavy (non-hydrogen) atoms. The Bertz CT molecular complexity index is 701. The van der Waals surface area contributed by atoms with Gasteiger partial charge in [-0.25, -0.2) is 0 Å². The molecule has 3 nitrogen and oxygen atoms in total. The van der Waals surface area contributed by atoms with Crippen molar-refractivity contribution in [2.24, 2.45) is 52.3 Å². The summed E-state index contributed by atoms with van der Waals surface area (Å²) >= 11 is 0. The number of hydrogen-bond donors (Lipinski definition) is 3. The van der Waals surface area contributed by atoms with E-state index in [4.69, 9.17) is 0 Å². The molecule has 0 aromatic carbocycles. The SMILES string of the molecule is CC[C@H](C[C@@H](O)[C@@H](C)[C@H]1CC[C@H]2[C@@H]3CC=C4C[C@@H](O)C[C@H](O)[C@]4(C)[C@H]3CC[C@]12C)C(C)C. The topological polar surface area (TPSA) is 60.7 Å². The summed E-state index contributed by atoms with van der Waals surface area (Å²) in [5, 5.41) is 32.6. The van der Waals surface area contributed by atoms with Gasteiger partial charge in [0.25, 0.3) is 0 Å². The van der Waals surface area contributed by atoms with Gasteiger partial charge in [-0.15, -0.1) is 0 Å². The monoisotopic (exact) mass is 446 g/mol. The molecule has 3 saturated carbocycles. The number of aliphatic hydroxyl groups excluding tert-OH is 3. The smallest absolute Gasteiger partial charge is 0.0658 e. The Balaban J connectivity index is 1.53. The zero-order valence-electron chi connectivity index (χ0n) is 21.6. The Kier molecular flexibility index (Phi) is 6.96. The lowest BCUT2D eigenvalue weighted by atomic mass is 9.46. The molecular weight excluding hydrogens is 396 g/mol. The third kappa shape index (κ3) is 3.83. The normalized spacial score (nSPS) is 46.6. The lowest BCUT2D eigenvalue weighted by Crippen LogP contribution is -2.55. The fourth-order valence-electron chi connectivity index (χ4n) is 9.31. The molecule has 0 saturated heterocycles. The van der Waals surface area contributed by atoms with Crippen LogP contribution in [0.5, 0.6) is 0 Å². The highest BCUT2D eigenvalue weighted by molar-refractivity contribution is 5.27. The Morgan fingerprint density at radius 3 is 2.44 bits per heavy atom. The maximum atomic E-state index is 11.3. The molecular formula is C29H50O3. The minimum atomic E-state index is -0.422. The highest BCUT2D eigenvalue weighted by Gasteiger charge is 2.61. The molecule has 0 spiro atoms. The molecule has 11 atom stereocenters. The van der Waals surface area contributed by atoms with E-state index in [1.165, 1.54) is 31.3 Å². The molecule has 0 aromatic heterocycles. The summed E-state index contributed by atoms with van der Waals surface area (Å²) < 4.78 is 0. The second-order valence-electron chi connectivity index (χ2n) is 13.0. The summed E-state index contributed by atoms with van der Waals surface area (Å²) in [5.74, 6) is 4.07. The van der Waals surface area contributed by atoms with Gasteiger partial charge in [0, 0.05) is 11.8 Å². The first-order valence-electron chi connectivity index (χ1n) is 13.8. The summed E-state index contributed by atoms with van der Waals surface area (Å²) in [4.78, 5) is 0. The van der Waals surface area contributed by atoms with Crippen LogP contribution in [-0.4, -0.2) is 33.6 Å². The predicted octanol–water partition coefficient (Wildman–Crippen LogP) is 5.97. The molecule has 0 aromatic rings. The highest BCUT2D eigenvalue weighted by Crippen LogP contribution is 2.67. The van der Waals surface area contributed by atoms with Crippen LogP contribution in [-0.2, 0) is 0 Å². The maximum absolute atomic E-state index is 11.3. The lowest BCUT2D eigenvalue weighted by Gasteiger charge is -2.59. The second kappa shape index (κ2) is 9.00. The molecule has 3 heteroatoms. The van der Waals surface area contributed by atoms with Crippen molar-refractivity contribution in [3.63, 3.8) is 0 Å². The van der Waals surface area contributed by atoms with Crippen molar-refractivity contribution in [1.29, 1.82) is 0 Å². The predicted molar refractivity (Wildman–Crippen MR) is 131 cm³/mol. The molecule has 0 heterocycles. The minimum absolute atomic E-state index is 0.154. The van der Waals surface area contributed by atoms with Crippen LogP contribution in [0.2, 0.25) is 0 Å². The molecule has 3 N–H and O–H groups in total. The zero-order chi connectivity index (χ0) is 23.4. The van der Waals surface area contributed by atoms with Gasteiger partial charge in [-0.2, -0.15) is 0 Å². The van der Waals surface area contributed by atoms with E-state index in [1.807, 2.05) is 0 Å². The summed E-state index contributed by atoms with van der Waals surface area (Å²) in [6.07, 6.45) is 10.8. The number of fused-ring (bicyclic) bond motifs is 5. The fraction of sp³-hybridized carbons (Fsp3) is 0.931. The van der Waals surface area contributed by atoms with Crippen molar-refractivity contribution in [3.8, 4) is 0 Å². The van der Waals surface area contributed by atoms with Gasteiger partial charge in [-0.1, -0.05) is 59.6 Å². The molecule has 4 aliphatic carbocycles. The van der Waals surface area contributed by atoms with Crippen LogP contribution >= 0.6 is 0 Å². The first kappa shape index (κ1) is 24.7. The molecule has 0 unspecified atom stereocenters. The Morgan fingerprint density at radius 1 is 1.06 bits per heavy atom. The van der Waals surface area contributed by atoms with E-state index in [-0.39, 0.29) is 17.6 Å². The van der Waals surface area contributed by atoms with E-state index < -0.39 is 6.10 Å². The summed E-state index contributed by atoms with van der Waals surface area (Å²) in [6, 6.07) is 0.